The first-order valence-corrected chi connectivity index (χ1v) is 5.71. The highest BCUT2D eigenvalue weighted by atomic mass is 16.3. The Morgan fingerprint density at radius 3 is 2.24 bits per heavy atom. The third-order valence-corrected chi connectivity index (χ3v) is 2.87. The minimum absolute atomic E-state index is 0.0987. The van der Waals surface area contributed by atoms with Crippen LogP contribution < -0.4 is 0 Å². The summed E-state index contributed by atoms with van der Waals surface area (Å²) in [5.41, 5.74) is 3.37. The Kier molecular flexibility index (Phi) is 3.33. The lowest BCUT2D eigenvalue weighted by molar-refractivity contribution is 0.446. The monoisotopic (exact) mass is 228 g/mol. The largest absolute Gasteiger partial charge is 0.508 e. The molecule has 0 bridgehead atoms. The van der Waals surface area contributed by atoms with E-state index in [1.165, 1.54) is 17.2 Å². The van der Waals surface area contributed by atoms with E-state index in [1.807, 2.05) is 0 Å². The Hall–Kier alpha value is -1.96. The van der Waals surface area contributed by atoms with Gasteiger partial charge in [-0.2, -0.15) is 0 Å². The van der Waals surface area contributed by atoms with E-state index in [-0.39, 0.29) is 11.5 Å². The molecule has 0 aromatic heterocycles. The summed E-state index contributed by atoms with van der Waals surface area (Å²) in [7, 11) is 0. The van der Waals surface area contributed by atoms with E-state index >= 15 is 0 Å². The van der Waals surface area contributed by atoms with Gasteiger partial charge in [0.2, 0.25) is 0 Å². The zero-order chi connectivity index (χ0) is 12.3. The van der Waals surface area contributed by atoms with Gasteiger partial charge < -0.3 is 10.2 Å². The molecule has 0 fully saturated rings. The van der Waals surface area contributed by atoms with Crippen molar-refractivity contribution >= 4 is 0 Å². The predicted molar refractivity (Wildman–Crippen MR) is 68.4 cm³/mol. The second-order valence-corrected chi connectivity index (χ2v) is 4.30. The van der Waals surface area contributed by atoms with Crippen molar-refractivity contribution in [3.8, 4) is 11.5 Å². The number of hydrogen-bond acceptors (Lipinski definition) is 2. The molecule has 0 saturated heterocycles. The lowest BCUT2D eigenvalue weighted by atomic mass is 10.0. The maximum atomic E-state index is 9.65. The number of aromatic hydroxyl groups is 2. The summed E-state index contributed by atoms with van der Waals surface area (Å²) in [6.45, 7) is 2.07. The highest BCUT2D eigenvalue weighted by Gasteiger charge is 2.02. The molecule has 0 heterocycles. The molecule has 0 amide bonds. The van der Waals surface area contributed by atoms with Gasteiger partial charge in [0.1, 0.15) is 11.5 Å². The minimum Gasteiger partial charge on any atom is -0.508 e. The van der Waals surface area contributed by atoms with Crippen molar-refractivity contribution in [2.45, 2.75) is 19.8 Å². The highest BCUT2D eigenvalue weighted by molar-refractivity contribution is 5.39. The maximum absolute atomic E-state index is 9.65. The molecule has 0 unspecified atom stereocenters. The molecule has 88 valence electrons. The first-order valence-electron chi connectivity index (χ1n) is 5.71. The van der Waals surface area contributed by atoms with Crippen LogP contribution in [-0.2, 0) is 12.8 Å². The molecule has 2 nitrogen and oxygen atoms in total. The zero-order valence-electron chi connectivity index (χ0n) is 9.85. The molecular weight excluding hydrogens is 212 g/mol. The molecule has 0 saturated carbocycles. The number of phenolic OH excluding ortho intramolecular Hbond substituents is 2. The van der Waals surface area contributed by atoms with Crippen LogP contribution in [0.3, 0.4) is 0 Å². The van der Waals surface area contributed by atoms with Crippen molar-refractivity contribution in [1.29, 1.82) is 0 Å². The molecule has 2 rings (SSSR count). The van der Waals surface area contributed by atoms with Crippen LogP contribution in [0, 0.1) is 6.92 Å². The van der Waals surface area contributed by atoms with Crippen LogP contribution in [0.2, 0.25) is 0 Å². The van der Waals surface area contributed by atoms with Gasteiger partial charge in [0.05, 0.1) is 0 Å². The van der Waals surface area contributed by atoms with Crippen LogP contribution in [-0.4, -0.2) is 10.2 Å². The summed E-state index contributed by atoms with van der Waals surface area (Å²) in [6, 6.07) is 13.1. The first-order chi connectivity index (χ1) is 8.15. The third-order valence-electron chi connectivity index (χ3n) is 2.87. The van der Waals surface area contributed by atoms with Crippen LogP contribution in [0.5, 0.6) is 11.5 Å². The molecule has 2 aromatic rings. The van der Waals surface area contributed by atoms with Crippen LogP contribution in [0.4, 0.5) is 0 Å². The van der Waals surface area contributed by atoms with Crippen molar-refractivity contribution in [1.82, 2.24) is 0 Å². The molecule has 0 spiro atoms. The molecule has 0 atom stereocenters. The Labute approximate surface area is 101 Å². The lowest BCUT2D eigenvalue weighted by Crippen LogP contribution is -1.91. The number of benzene rings is 2. The minimum atomic E-state index is 0.0987. The average molecular weight is 228 g/mol. The van der Waals surface area contributed by atoms with Crippen molar-refractivity contribution in [3.63, 3.8) is 0 Å². The van der Waals surface area contributed by atoms with E-state index in [2.05, 4.69) is 31.2 Å². The fourth-order valence-corrected chi connectivity index (χ4v) is 1.80. The maximum Gasteiger partial charge on any atom is 0.122 e. The SMILES string of the molecule is Cc1ccc(CCc2ccc(O)cc2O)cc1. The van der Waals surface area contributed by atoms with Gasteiger partial charge in [-0.15, -0.1) is 0 Å². The van der Waals surface area contributed by atoms with Gasteiger partial charge >= 0.3 is 0 Å². The van der Waals surface area contributed by atoms with Crippen molar-refractivity contribution < 1.29 is 10.2 Å². The van der Waals surface area contributed by atoms with E-state index in [9.17, 15) is 10.2 Å². The van der Waals surface area contributed by atoms with Crippen LogP contribution >= 0.6 is 0 Å². The van der Waals surface area contributed by atoms with E-state index in [0.29, 0.717) is 0 Å². The summed E-state index contributed by atoms with van der Waals surface area (Å²) in [5.74, 6) is 0.263. The summed E-state index contributed by atoms with van der Waals surface area (Å²) in [4.78, 5) is 0. The molecule has 2 heteroatoms. The standard InChI is InChI=1S/C15H16O2/c1-11-2-4-12(5-3-11)6-7-13-8-9-14(16)10-15(13)17/h2-5,8-10,16-17H,6-7H2,1H3. The van der Waals surface area contributed by atoms with Gasteiger partial charge in [-0.1, -0.05) is 35.9 Å². The number of hydrogen-bond donors (Lipinski definition) is 2. The van der Waals surface area contributed by atoms with Gasteiger partial charge in [0, 0.05) is 6.07 Å². The predicted octanol–water partition coefficient (Wildman–Crippen LogP) is 3.19. The molecule has 0 aliphatic heterocycles. The molecule has 2 aromatic carbocycles. The van der Waals surface area contributed by atoms with Crippen LogP contribution in [0.1, 0.15) is 16.7 Å². The topological polar surface area (TPSA) is 40.5 Å². The van der Waals surface area contributed by atoms with Gasteiger partial charge in [0.15, 0.2) is 0 Å². The van der Waals surface area contributed by atoms with E-state index in [4.69, 9.17) is 0 Å². The van der Waals surface area contributed by atoms with Crippen LogP contribution in [0.25, 0.3) is 0 Å². The van der Waals surface area contributed by atoms with Crippen molar-refractivity contribution in [3.05, 3.63) is 59.2 Å². The fraction of sp³-hybridized carbons (Fsp3) is 0.200. The first kappa shape index (κ1) is 11.5. The zero-order valence-corrected chi connectivity index (χ0v) is 9.85. The molecule has 0 aliphatic rings. The molecule has 17 heavy (non-hydrogen) atoms. The normalized spacial score (nSPS) is 10.4. The van der Waals surface area contributed by atoms with Gasteiger partial charge in [-0.25, -0.2) is 0 Å². The van der Waals surface area contributed by atoms with Gasteiger partial charge in [-0.3, -0.25) is 0 Å². The van der Waals surface area contributed by atoms with E-state index in [0.717, 1.165) is 18.4 Å². The second-order valence-electron chi connectivity index (χ2n) is 4.30. The Bertz CT molecular complexity index is 501. The second kappa shape index (κ2) is 4.91. The van der Waals surface area contributed by atoms with Crippen molar-refractivity contribution in [2.75, 3.05) is 0 Å². The third kappa shape index (κ3) is 3.00. The Morgan fingerprint density at radius 2 is 1.59 bits per heavy atom. The van der Waals surface area contributed by atoms with E-state index < -0.39 is 0 Å². The van der Waals surface area contributed by atoms with Gasteiger partial charge in [0.25, 0.3) is 0 Å². The molecule has 0 aliphatic carbocycles. The number of aryl methyl sites for hydroxylation is 3. The van der Waals surface area contributed by atoms with E-state index in [1.54, 1.807) is 12.1 Å². The molecular formula is C15H16O2. The fourth-order valence-electron chi connectivity index (χ4n) is 1.80. The number of rotatable bonds is 3. The summed E-state index contributed by atoms with van der Waals surface area (Å²) < 4.78 is 0. The Morgan fingerprint density at radius 1 is 0.882 bits per heavy atom. The van der Waals surface area contributed by atoms with Crippen LogP contribution in [0.15, 0.2) is 42.5 Å². The quantitative estimate of drug-likeness (QED) is 0.847. The molecule has 0 radical (unpaired) electrons. The average Bonchev–Trinajstić information content (AvgIpc) is 2.30. The lowest BCUT2D eigenvalue weighted by Gasteiger charge is -2.05. The summed E-state index contributed by atoms with van der Waals surface area (Å²) in [5, 5.41) is 18.8. The van der Waals surface area contributed by atoms with Crippen molar-refractivity contribution in [2.24, 2.45) is 0 Å². The van der Waals surface area contributed by atoms with Gasteiger partial charge in [-0.05, 0) is 37.0 Å². The summed E-state index contributed by atoms with van der Waals surface area (Å²) in [6.07, 6.45) is 1.66. The smallest absolute Gasteiger partial charge is 0.122 e. The highest BCUT2D eigenvalue weighted by Crippen LogP contribution is 2.23. The Balaban J connectivity index is 2.04. The number of phenols is 2. The summed E-state index contributed by atoms with van der Waals surface area (Å²) >= 11 is 0. The molecule has 2 N–H and O–H groups in total.